The first-order valence-electron chi connectivity index (χ1n) is 6.87. The van der Waals surface area contributed by atoms with E-state index in [2.05, 4.69) is 23.6 Å². The molecule has 1 saturated carbocycles. The van der Waals surface area contributed by atoms with Crippen LogP contribution in [0.25, 0.3) is 0 Å². The van der Waals surface area contributed by atoms with Crippen molar-refractivity contribution in [2.45, 2.75) is 38.6 Å². The van der Waals surface area contributed by atoms with Crippen molar-refractivity contribution in [3.63, 3.8) is 0 Å². The van der Waals surface area contributed by atoms with Crippen molar-refractivity contribution in [3.8, 4) is 6.07 Å². The molecule has 0 unspecified atom stereocenters. The lowest BCUT2D eigenvalue weighted by Gasteiger charge is -2.27. The van der Waals surface area contributed by atoms with Crippen molar-refractivity contribution in [1.82, 2.24) is 5.32 Å². The second kappa shape index (κ2) is 6.14. The summed E-state index contributed by atoms with van der Waals surface area (Å²) in [7, 11) is 1.57. The number of amides is 1. The molecule has 108 valence electrons. The fourth-order valence-corrected chi connectivity index (χ4v) is 3.56. The van der Waals surface area contributed by atoms with Crippen LogP contribution in [0.2, 0.25) is 0 Å². The molecule has 1 aromatic heterocycles. The summed E-state index contributed by atoms with van der Waals surface area (Å²) >= 11 is 1.27. The van der Waals surface area contributed by atoms with E-state index in [1.165, 1.54) is 24.2 Å². The molecule has 6 heteroatoms. The Hall–Kier alpha value is -1.74. The van der Waals surface area contributed by atoms with E-state index < -0.39 is 0 Å². The number of hydrogen-bond donors (Lipinski definition) is 3. The third-order valence-electron chi connectivity index (χ3n) is 3.85. The number of hydrogen-bond acceptors (Lipinski definition) is 5. The second-order valence-electron chi connectivity index (χ2n) is 5.34. The van der Waals surface area contributed by atoms with Gasteiger partial charge in [-0.2, -0.15) is 5.26 Å². The van der Waals surface area contributed by atoms with Crippen LogP contribution in [-0.2, 0) is 0 Å². The zero-order chi connectivity index (χ0) is 14.7. The molecule has 4 N–H and O–H groups in total. The van der Waals surface area contributed by atoms with Crippen LogP contribution in [0, 0.1) is 17.2 Å². The molecule has 0 radical (unpaired) electrons. The number of nitrogen functional groups attached to an aromatic ring is 1. The van der Waals surface area contributed by atoms with Crippen LogP contribution in [0.1, 0.15) is 47.8 Å². The number of carbonyl (C=O) groups excluding carboxylic acids is 1. The average molecular weight is 292 g/mol. The highest BCUT2D eigenvalue weighted by Crippen LogP contribution is 2.37. The maximum absolute atomic E-state index is 11.9. The topological polar surface area (TPSA) is 90.9 Å². The molecule has 1 aliphatic rings. The Morgan fingerprint density at radius 3 is 2.60 bits per heavy atom. The van der Waals surface area contributed by atoms with Crippen molar-refractivity contribution in [2.75, 3.05) is 18.1 Å². The molecule has 0 bridgehead atoms. The highest BCUT2D eigenvalue weighted by atomic mass is 32.1. The monoisotopic (exact) mass is 292 g/mol. The van der Waals surface area contributed by atoms with Crippen LogP contribution in [0.4, 0.5) is 10.7 Å². The van der Waals surface area contributed by atoms with E-state index in [-0.39, 0.29) is 11.6 Å². The van der Waals surface area contributed by atoms with Gasteiger partial charge in [0.15, 0.2) is 0 Å². The van der Waals surface area contributed by atoms with Crippen molar-refractivity contribution in [2.24, 2.45) is 5.92 Å². The minimum Gasteiger partial charge on any atom is -0.396 e. The third-order valence-corrected chi connectivity index (χ3v) is 4.89. The van der Waals surface area contributed by atoms with E-state index in [1.807, 2.05) is 0 Å². The average Bonchev–Trinajstić information content (AvgIpc) is 2.76. The summed E-state index contributed by atoms with van der Waals surface area (Å²) in [4.78, 5) is 12.3. The maximum Gasteiger partial charge on any atom is 0.256 e. The molecule has 1 fully saturated rings. The lowest BCUT2D eigenvalue weighted by molar-refractivity contribution is 0.0965. The molecule has 1 aromatic rings. The van der Waals surface area contributed by atoms with Crippen LogP contribution in [0.3, 0.4) is 0 Å². The largest absolute Gasteiger partial charge is 0.396 e. The summed E-state index contributed by atoms with van der Waals surface area (Å²) in [5.74, 6) is 0.529. The highest BCUT2D eigenvalue weighted by molar-refractivity contribution is 7.17. The Morgan fingerprint density at radius 2 is 2.05 bits per heavy atom. The Balaban J connectivity index is 2.22. The third kappa shape index (κ3) is 2.88. The molecule has 2 rings (SSSR count). The second-order valence-corrected chi connectivity index (χ2v) is 6.36. The van der Waals surface area contributed by atoms with Gasteiger partial charge in [-0.25, -0.2) is 0 Å². The van der Waals surface area contributed by atoms with E-state index in [0.717, 1.165) is 23.8 Å². The van der Waals surface area contributed by atoms with Gasteiger partial charge in [0.25, 0.3) is 5.91 Å². The minimum absolute atomic E-state index is 0.244. The van der Waals surface area contributed by atoms with Crippen LogP contribution in [0.15, 0.2) is 0 Å². The lowest BCUT2D eigenvalue weighted by Crippen LogP contribution is -2.27. The molecule has 0 aliphatic heterocycles. The molecular formula is C14H20N4OS. The number of carbonyl (C=O) groups is 1. The number of nitriles is 1. The fraction of sp³-hybridized carbons (Fsp3) is 0.571. The van der Waals surface area contributed by atoms with E-state index >= 15 is 0 Å². The lowest BCUT2D eigenvalue weighted by atomic mass is 9.87. The molecule has 1 heterocycles. The molecule has 5 nitrogen and oxygen atoms in total. The standard InChI is InChI=1S/C14H20N4OS/c1-8-3-5-9(6-4-8)18-14-11(13(19)17-2)12(16)10(7-15)20-14/h8-9,18H,3-6,16H2,1-2H3,(H,17,19). The van der Waals surface area contributed by atoms with Gasteiger partial charge in [-0.15, -0.1) is 11.3 Å². The van der Waals surface area contributed by atoms with Gasteiger partial charge in [-0.1, -0.05) is 6.92 Å². The van der Waals surface area contributed by atoms with Crippen molar-refractivity contribution in [3.05, 3.63) is 10.4 Å². The number of rotatable bonds is 3. The summed E-state index contributed by atoms with van der Waals surface area (Å²) in [6.07, 6.45) is 4.57. The number of anilines is 2. The number of nitrogens with one attached hydrogen (secondary N) is 2. The molecule has 0 atom stereocenters. The van der Waals surface area contributed by atoms with Gasteiger partial charge in [0.2, 0.25) is 0 Å². The molecule has 1 aliphatic carbocycles. The highest BCUT2D eigenvalue weighted by Gasteiger charge is 2.25. The van der Waals surface area contributed by atoms with Gasteiger partial charge in [0.05, 0.1) is 11.3 Å². The molecule has 0 spiro atoms. The quantitative estimate of drug-likeness (QED) is 0.798. The van der Waals surface area contributed by atoms with E-state index in [0.29, 0.717) is 16.5 Å². The molecular weight excluding hydrogens is 272 g/mol. The summed E-state index contributed by atoms with van der Waals surface area (Å²) in [5.41, 5.74) is 6.60. The van der Waals surface area contributed by atoms with E-state index in [9.17, 15) is 4.79 Å². The van der Waals surface area contributed by atoms with Gasteiger partial charge in [-0.05, 0) is 31.6 Å². The van der Waals surface area contributed by atoms with Crippen LogP contribution in [-0.4, -0.2) is 19.0 Å². The molecule has 0 saturated heterocycles. The molecule has 1 amide bonds. The fourth-order valence-electron chi connectivity index (χ4n) is 2.57. The Kier molecular flexibility index (Phi) is 4.50. The number of thiophene rings is 1. The predicted molar refractivity (Wildman–Crippen MR) is 81.9 cm³/mol. The maximum atomic E-state index is 11.9. The first-order valence-corrected chi connectivity index (χ1v) is 7.69. The zero-order valence-corrected chi connectivity index (χ0v) is 12.6. The van der Waals surface area contributed by atoms with Crippen LogP contribution < -0.4 is 16.4 Å². The summed E-state index contributed by atoms with van der Waals surface area (Å²) in [6.45, 7) is 2.27. The van der Waals surface area contributed by atoms with E-state index in [4.69, 9.17) is 11.0 Å². The Morgan fingerprint density at radius 1 is 1.40 bits per heavy atom. The van der Waals surface area contributed by atoms with Gasteiger partial charge in [0, 0.05) is 13.1 Å². The first-order chi connectivity index (χ1) is 9.56. The van der Waals surface area contributed by atoms with Crippen molar-refractivity contribution >= 4 is 27.9 Å². The molecule has 0 aromatic carbocycles. The predicted octanol–water partition coefficient (Wildman–Crippen LogP) is 2.55. The molecule has 20 heavy (non-hydrogen) atoms. The zero-order valence-electron chi connectivity index (χ0n) is 11.8. The first kappa shape index (κ1) is 14.7. The van der Waals surface area contributed by atoms with Crippen LogP contribution in [0.5, 0.6) is 0 Å². The number of nitrogens with two attached hydrogens (primary N) is 1. The van der Waals surface area contributed by atoms with Gasteiger partial charge < -0.3 is 16.4 Å². The normalized spacial score (nSPS) is 22.1. The smallest absolute Gasteiger partial charge is 0.256 e. The Labute approximate surface area is 123 Å². The van der Waals surface area contributed by atoms with Crippen LogP contribution >= 0.6 is 11.3 Å². The number of nitrogens with zero attached hydrogens (tertiary/aromatic N) is 1. The van der Waals surface area contributed by atoms with Gasteiger partial charge >= 0.3 is 0 Å². The van der Waals surface area contributed by atoms with Gasteiger partial charge in [0.1, 0.15) is 15.9 Å². The SMILES string of the molecule is CNC(=O)c1c(NC2CCC(C)CC2)sc(C#N)c1N. The van der Waals surface area contributed by atoms with Crippen molar-refractivity contribution in [1.29, 1.82) is 5.26 Å². The summed E-state index contributed by atoms with van der Waals surface area (Å²) in [6, 6.07) is 2.41. The van der Waals surface area contributed by atoms with E-state index in [1.54, 1.807) is 7.05 Å². The minimum atomic E-state index is -0.244. The Bertz CT molecular complexity index is 538. The van der Waals surface area contributed by atoms with Crippen molar-refractivity contribution < 1.29 is 4.79 Å². The van der Waals surface area contributed by atoms with Gasteiger partial charge in [-0.3, -0.25) is 4.79 Å². The summed E-state index contributed by atoms with van der Waals surface area (Å²) < 4.78 is 0. The summed E-state index contributed by atoms with van der Waals surface area (Å²) in [5, 5.41) is 15.8.